The largest absolute Gasteiger partial charge is 0.365 e. The number of pyridine rings is 1. The molecule has 158 valence electrons. The van der Waals surface area contributed by atoms with Crippen LogP contribution < -0.4 is 5.32 Å². The van der Waals surface area contributed by atoms with Crippen LogP contribution in [0.2, 0.25) is 0 Å². The summed E-state index contributed by atoms with van der Waals surface area (Å²) in [5, 5.41) is 11.3. The summed E-state index contributed by atoms with van der Waals surface area (Å²) >= 11 is 0. The van der Waals surface area contributed by atoms with Gasteiger partial charge in [0.05, 0.1) is 10.9 Å². The number of fused-ring (bicyclic) bond motifs is 1. The summed E-state index contributed by atoms with van der Waals surface area (Å²) in [7, 11) is 0. The molecule has 1 saturated carbocycles. The third-order valence-corrected chi connectivity index (χ3v) is 5.84. The number of hydrogen-bond acceptors (Lipinski definition) is 4. The van der Waals surface area contributed by atoms with Gasteiger partial charge in [-0.3, -0.25) is 14.9 Å². The molecular formula is C23H26F2N4O. The second-order valence-electron chi connectivity index (χ2n) is 8.30. The van der Waals surface area contributed by atoms with Gasteiger partial charge in [0.25, 0.3) is 0 Å². The van der Waals surface area contributed by atoms with Crippen LogP contribution in [0.25, 0.3) is 10.9 Å². The maximum atomic E-state index is 13.3. The summed E-state index contributed by atoms with van der Waals surface area (Å²) in [5.74, 6) is -1.62. The number of nitrogens with zero attached hydrogens (tertiary/aromatic N) is 2. The molecule has 1 aliphatic rings. The van der Waals surface area contributed by atoms with E-state index in [2.05, 4.69) is 27.4 Å². The average molecular weight is 412 g/mol. The van der Waals surface area contributed by atoms with Crippen LogP contribution in [0.15, 0.2) is 42.6 Å². The summed E-state index contributed by atoms with van der Waals surface area (Å²) in [4.78, 5) is 16.9. The van der Waals surface area contributed by atoms with Gasteiger partial charge in [-0.2, -0.15) is 5.10 Å². The Kier molecular flexibility index (Phi) is 5.79. The summed E-state index contributed by atoms with van der Waals surface area (Å²) in [5.41, 5.74) is 2.63. The molecule has 0 amide bonds. The van der Waals surface area contributed by atoms with Crippen LogP contribution >= 0.6 is 0 Å². The van der Waals surface area contributed by atoms with E-state index in [-0.39, 0.29) is 37.0 Å². The minimum atomic E-state index is -2.55. The first-order chi connectivity index (χ1) is 14.4. The van der Waals surface area contributed by atoms with E-state index in [9.17, 15) is 13.6 Å². The number of halogens is 2. The second-order valence-corrected chi connectivity index (χ2v) is 8.30. The van der Waals surface area contributed by atoms with Gasteiger partial charge in [-0.1, -0.05) is 37.3 Å². The molecule has 2 N–H and O–H groups in total. The number of H-pyrrole nitrogens is 1. The molecule has 0 aliphatic heterocycles. The Morgan fingerprint density at radius 3 is 2.73 bits per heavy atom. The zero-order chi connectivity index (χ0) is 21.1. The number of Topliss-reactive ketones (excluding diaryl/α,β-unsaturated/α-hetero) is 1. The van der Waals surface area contributed by atoms with Crippen LogP contribution in [-0.4, -0.2) is 32.9 Å². The van der Waals surface area contributed by atoms with E-state index >= 15 is 0 Å². The number of carbonyl (C=O) groups excluding carboxylic acids is 1. The molecule has 3 aromatic rings. The molecule has 1 fully saturated rings. The Morgan fingerprint density at radius 1 is 1.27 bits per heavy atom. The van der Waals surface area contributed by atoms with E-state index in [4.69, 9.17) is 0 Å². The van der Waals surface area contributed by atoms with Gasteiger partial charge in [0.2, 0.25) is 5.92 Å². The number of aromatic amines is 1. The summed E-state index contributed by atoms with van der Waals surface area (Å²) in [6.45, 7) is 2.05. The molecule has 30 heavy (non-hydrogen) atoms. The van der Waals surface area contributed by atoms with Crippen LogP contribution in [0.5, 0.6) is 0 Å². The van der Waals surface area contributed by atoms with Crippen molar-refractivity contribution in [1.29, 1.82) is 0 Å². The van der Waals surface area contributed by atoms with E-state index in [0.29, 0.717) is 30.8 Å². The maximum absolute atomic E-state index is 13.3. The fraction of sp³-hybridized carbons (Fsp3) is 0.435. The first-order valence-electron chi connectivity index (χ1n) is 10.4. The molecule has 1 aliphatic carbocycles. The predicted molar refractivity (Wildman–Crippen MR) is 113 cm³/mol. The number of ketones is 1. The van der Waals surface area contributed by atoms with Crippen molar-refractivity contribution in [3.05, 3.63) is 53.9 Å². The first-order valence-corrected chi connectivity index (χ1v) is 10.4. The number of nitrogens with one attached hydrogen (secondary N) is 2. The minimum absolute atomic E-state index is 0.0168. The number of anilines is 1. The summed E-state index contributed by atoms with van der Waals surface area (Å²) in [6, 6.07) is 11.8. The first kappa shape index (κ1) is 20.4. The average Bonchev–Trinajstić information content (AvgIpc) is 3.12. The van der Waals surface area contributed by atoms with Gasteiger partial charge in [0.1, 0.15) is 5.78 Å². The smallest absolute Gasteiger partial charge is 0.248 e. The number of hydrogen-bond donors (Lipinski definition) is 2. The number of alkyl halides is 2. The minimum Gasteiger partial charge on any atom is -0.365 e. The van der Waals surface area contributed by atoms with Gasteiger partial charge in [-0.15, -0.1) is 0 Å². The number of benzene rings is 1. The van der Waals surface area contributed by atoms with Crippen molar-refractivity contribution in [3.63, 3.8) is 0 Å². The van der Waals surface area contributed by atoms with Crippen LogP contribution in [0.3, 0.4) is 0 Å². The van der Waals surface area contributed by atoms with Crippen LogP contribution in [0, 0.1) is 0 Å². The molecule has 0 bridgehead atoms. The molecular weight excluding hydrogens is 386 g/mol. The number of rotatable bonds is 7. The lowest BCUT2D eigenvalue weighted by atomic mass is 9.92. The zero-order valence-electron chi connectivity index (χ0n) is 17.0. The molecule has 0 saturated heterocycles. The van der Waals surface area contributed by atoms with E-state index in [0.717, 1.165) is 16.5 Å². The third kappa shape index (κ3) is 4.83. The van der Waals surface area contributed by atoms with E-state index in [1.807, 2.05) is 36.4 Å². The van der Waals surface area contributed by atoms with Crippen molar-refractivity contribution in [2.24, 2.45) is 0 Å². The topological polar surface area (TPSA) is 70.7 Å². The molecule has 0 spiro atoms. The van der Waals surface area contributed by atoms with Gasteiger partial charge in [0.15, 0.2) is 5.82 Å². The molecule has 4 rings (SSSR count). The maximum Gasteiger partial charge on any atom is 0.248 e. The Labute approximate surface area is 174 Å². The summed E-state index contributed by atoms with van der Waals surface area (Å²) < 4.78 is 26.7. The van der Waals surface area contributed by atoms with Gasteiger partial charge in [-0.05, 0) is 30.4 Å². The van der Waals surface area contributed by atoms with Crippen LogP contribution in [-0.2, 0) is 11.2 Å². The van der Waals surface area contributed by atoms with Crippen molar-refractivity contribution in [3.8, 4) is 0 Å². The second kappa shape index (κ2) is 8.50. The van der Waals surface area contributed by atoms with Gasteiger partial charge in [0, 0.05) is 43.6 Å². The zero-order valence-corrected chi connectivity index (χ0v) is 17.0. The van der Waals surface area contributed by atoms with E-state index in [1.165, 1.54) is 0 Å². The number of aromatic nitrogens is 3. The standard InChI is InChI=1S/C23H26F2N4O/c1-15(16-5-3-2-4-6-16)11-19(30)12-18-13-21-20(14-26-18)22(29-28-21)27-17-7-9-23(24,25)10-8-17/h2-6,13-15,17H,7-12H2,1H3,(H2,27,28,29)/t15-/m0/s1. The highest BCUT2D eigenvalue weighted by Gasteiger charge is 2.35. The molecule has 2 heterocycles. The number of carbonyl (C=O) groups is 1. The highest BCUT2D eigenvalue weighted by Crippen LogP contribution is 2.34. The Hall–Kier alpha value is -2.83. The molecule has 0 unspecified atom stereocenters. The van der Waals surface area contributed by atoms with E-state index in [1.54, 1.807) is 6.20 Å². The molecule has 0 radical (unpaired) electrons. The molecule has 1 atom stereocenters. The predicted octanol–water partition coefficient (Wildman–Crippen LogP) is 5.25. The lowest BCUT2D eigenvalue weighted by molar-refractivity contribution is -0.118. The van der Waals surface area contributed by atoms with Crippen molar-refractivity contribution in [2.45, 2.75) is 63.3 Å². The quantitative estimate of drug-likeness (QED) is 0.556. The highest BCUT2D eigenvalue weighted by atomic mass is 19.3. The fourth-order valence-corrected chi connectivity index (χ4v) is 4.06. The summed E-state index contributed by atoms with van der Waals surface area (Å²) in [6.07, 6.45) is 3.07. The van der Waals surface area contributed by atoms with Crippen molar-refractivity contribution in [2.75, 3.05) is 5.32 Å². The van der Waals surface area contributed by atoms with Crippen LogP contribution in [0.4, 0.5) is 14.6 Å². The van der Waals surface area contributed by atoms with Crippen molar-refractivity contribution in [1.82, 2.24) is 15.2 Å². The van der Waals surface area contributed by atoms with Gasteiger partial charge < -0.3 is 5.32 Å². The Balaban J connectivity index is 1.38. The molecule has 1 aromatic carbocycles. The van der Waals surface area contributed by atoms with Crippen molar-refractivity contribution >= 4 is 22.5 Å². The van der Waals surface area contributed by atoms with Gasteiger partial charge in [-0.25, -0.2) is 8.78 Å². The lowest BCUT2D eigenvalue weighted by Crippen LogP contribution is -2.32. The SMILES string of the molecule is C[C@@H](CC(=O)Cc1cc2[nH]nc(NC3CCC(F)(F)CC3)c2cn1)c1ccccc1. The monoisotopic (exact) mass is 412 g/mol. The Morgan fingerprint density at radius 2 is 2.00 bits per heavy atom. The van der Waals surface area contributed by atoms with E-state index < -0.39 is 5.92 Å². The lowest BCUT2D eigenvalue weighted by Gasteiger charge is -2.28. The van der Waals surface area contributed by atoms with Crippen molar-refractivity contribution < 1.29 is 13.6 Å². The Bertz CT molecular complexity index is 1010. The van der Waals surface area contributed by atoms with Crippen LogP contribution in [0.1, 0.15) is 56.2 Å². The highest BCUT2D eigenvalue weighted by molar-refractivity contribution is 5.90. The normalized spacial score (nSPS) is 17.7. The molecule has 5 nitrogen and oxygen atoms in total. The third-order valence-electron chi connectivity index (χ3n) is 5.84. The molecule has 2 aromatic heterocycles. The fourth-order valence-electron chi connectivity index (χ4n) is 4.06. The molecule has 7 heteroatoms. The van der Waals surface area contributed by atoms with Gasteiger partial charge >= 0.3 is 0 Å².